The van der Waals surface area contributed by atoms with Gasteiger partial charge in [-0.1, -0.05) is 18.2 Å². The van der Waals surface area contributed by atoms with Gasteiger partial charge in [-0.3, -0.25) is 4.79 Å². The molecule has 0 aliphatic carbocycles. The molecule has 1 aromatic carbocycles. The third-order valence-electron chi connectivity index (χ3n) is 5.24. The molecule has 0 radical (unpaired) electrons. The van der Waals surface area contributed by atoms with E-state index >= 15 is 0 Å². The molecule has 2 fully saturated rings. The molecular formula is C18H22N2O3. The Morgan fingerprint density at radius 2 is 1.78 bits per heavy atom. The Bertz CT molecular complexity index is 749. The minimum absolute atomic E-state index is 0.118. The topological polar surface area (TPSA) is 43.7 Å². The maximum Gasteiger partial charge on any atom is 0.256 e. The summed E-state index contributed by atoms with van der Waals surface area (Å²) < 4.78 is 13.6. The van der Waals surface area contributed by atoms with Gasteiger partial charge in [0.25, 0.3) is 5.91 Å². The second-order valence-corrected chi connectivity index (χ2v) is 6.44. The molecule has 1 spiro atoms. The van der Waals surface area contributed by atoms with E-state index in [1.807, 2.05) is 37.1 Å². The Morgan fingerprint density at radius 1 is 1.13 bits per heavy atom. The van der Waals surface area contributed by atoms with Crippen molar-refractivity contribution in [1.82, 2.24) is 9.47 Å². The number of aromatic nitrogens is 1. The third-order valence-corrected chi connectivity index (χ3v) is 5.24. The minimum Gasteiger partial charge on any atom is -0.347 e. The zero-order valence-corrected chi connectivity index (χ0v) is 13.7. The molecule has 2 aromatic rings. The Hall–Kier alpha value is -1.85. The second-order valence-electron chi connectivity index (χ2n) is 6.44. The van der Waals surface area contributed by atoms with Crippen LogP contribution in [0.5, 0.6) is 0 Å². The zero-order valence-electron chi connectivity index (χ0n) is 13.7. The first kappa shape index (κ1) is 14.7. The average Bonchev–Trinajstić information content (AvgIpc) is 3.12. The number of benzene rings is 1. The van der Waals surface area contributed by atoms with E-state index in [-0.39, 0.29) is 5.91 Å². The monoisotopic (exact) mass is 314 g/mol. The van der Waals surface area contributed by atoms with Gasteiger partial charge in [-0.25, -0.2) is 0 Å². The van der Waals surface area contributed by atoms with Crippen molar-refractivity contribution in [2.45, 2.75) is 25.6 Å². The Kier molecular flexibility index (Phi) is 3.43. The molecule has 122 valence electrons. The SMILES string of the molecule is Cc1c(C(=O)N2CCC3(CC2)OCCO3)c2ccccc2n1C. The van der Waals surface area contributed by atoms with Crippen molar-refractivity contribution in [3.05, 3.63) is 35.5 Å². The molecule has 0 atom stereocenters. The standard InChI is InChI=1S/C18H22N2O3/c1-13-16(14-5-3-4-6-15(14)19(13)2)17(21)20-9-7-18(8-10-20)22-11-12-23-18/h3-6H,7-12H2,1-2H3. The largest absolute Gasteiger partial charge is 0.347 e. The quantitative estimate of drug-likeness (QED) is 0.812. The van der Waals surface area contributed by atoms with Crippen molar-refractivity contribution in [3.63, 3.8) is 0 Å². The van der Waals surface area contributed by atoms with Crippen molar-refractivity contribution in [2.75, 3.05) is 26.3 Å². The molecule has 1 aromatic heterocycles. The van der Waals surface area contributed by atoms with E-state index in [4.69, 9.17) is 9.47 Å². The minimum atomic E-state index is -0.440. The fourth-order valence-electron chi connectivity index (χ4n) is 3.79. The Balaban J connectivity index is 1.62. The van der Waals surface area contributed by atoms with Gasteiger partial charge in [0.05, 0.1) is 18.8 Å². The number of hydrogen-bond donors (Lipinski definition) is 0. The first-order valence-electron chi connectivity index (χ1n) is 8.22. The van der Waals surface area contributed by atoms with E-state index in [1.165, 1.54) is 0 Å². The molecule has 0 bridgehead atoms. The van der Waals surface area contributed by atoms with Gasteiger partial charge in [0.15, 0.2) is 5.79 Å². The number of para-hydroxylation sites is 1. The summed E-state index contributed by atoms with van der Waals surface area (Å²) in [6.07, 6.45) is 1.51. The first-order valence-corrected chi connectivity index (χ1v) is 8.22. The van der Waals surface area contributed by atoms with E-state index in [0.29, 0.717) is 26.3 Å². The highest BCUT2D eigenvalue weighted by atomic mass is 16.7. The molecular weight excluding hydrogens is 292 g/mol. The number of amides is 1. The highest BCUT2D eigenvalue weighted by Gasteiger charge is 2.41. The van der Waals surface area contributed by atoms with Crippen molar-refractivity contribution in [1.29, 1.82) is 0 Å². The van der Waals surface area contributed by atoms with Crippen LogP contribution in [0.25, 0.3) is 10.9 Å². The molecule has 3 heterocycles. The van der Waals surface area contributed by atoms with Crippen molar-refractivity contribution >= 4 is 16.8 Å². The molecule has 1 amide bonds. The summed E-state index contributed by atoms with van der Waals surface area (Å²) in [6, 6.07) is 8.09. The number of piperidine rings is 1. The fourth-order valence-corrected chi connectivity index (χ4v) is 3.79. The maximum atomic E-state index is 13.1. The van der Waals surface area contributed by atoms with Gasteiger partial charge in [-0.05, 0) is 13.0 Å². The van der Waals surface area contributed by atoms with E-state index in [1.54, 1.807) is 0 Å². The van der Waals surface area contributed by atoms with Crippen LogP contribution in [0.2, 0.25) is 0 Å². The number of nitrogens with zero attached hydrogens (tertiary/aromatic N) is 2. The van der Waals surface area contributed by atoms with E-state index < -0.39 is 5.79 Å². The van der Waals surface area contributed by atoms with Crippen LogP contribution in [0.15, 0.2) is 24.3 Å². The van der Waals surface area contributed by atoms with Gasteiger partial charge in [0.1, 0.15) is 0 Å². The molecule has 2 saturated heterocycles. The molecule has 23 heavy (non-hydrogen) atoms. The third kappa shape index (κ3) is 2.26. The summed E-state index contributed by atoms with van der Waals surface area (Å²) in [5, 5.41) is 1.03. The Morgan fingerprint density at radius 3 is 2.48 bits per heavy atom. The predicted molar refractivity (Wildman–Crippen MR) is 87.4 cm³/mol. The Labute approximate surface area is 135 Å². The molecule has 4 rings (SSSR count). The van der Waals surface area contributed by atoms with Gasteiger partial charge in [-0.15, -0.1) is 0 Å². The van der Waals surface area contributed by atoms with Crippen LogP contribution in [0.3, 0.4) is 0 Å². The van der Waals surface area contributed by atoms with Crippen LogP contribution in [0.4, 0.5) is 0 Å². The molecule has 5 heteroatoms. The lowest BCUT2D eigenvalue weighted by molar-refractivity contribution is -0.181. The van der Waals surface area contributed by atoms with E-state index in [9.17, 15) is 4.79 Å². The molecule has 2 aliphatic heterocycles. The van der Waals surface area contributed by atoms with Gasteiger partial charge < -0.3 is 18.9 Å². The van der Waals surface area contributed by atoms with Crippen LogP contribution in [-0.2, 0) is 16.5 Å². The van der Waals surface area contributed by atoms with Crippen LogP contribution >= 0.6 is 0 Å². The number of fused-ring (bicyclic) bond motifs is 1. The zero-order chi connectivity index (χ0) is 16.0. The number of carbonyl (C=O) groups is 1. The highest BCUT2D eigenvalue weighted by molar-refractivity contribution is 6.08. The number of rotatable bonds is 1. The van der Waals surface area contributed by atoms with Crippen LogP contribution in [0, 0.1) is 6.92 Å². The van der Waals surface area contributed by atoms with Crippen LogP contribution < -0.4 is 0 Å². The summed E-state index contributed by atoms with van der Waals surface area (Å²) in [5.74, 6) is -0.322. The summed E-state index contributed by atoms with van der Waals surface area (Å²) in [6.45, 7) is 4.71. The van der Waals surface area contributed by atoms with E-state index in [0.717, 1.165) is 35.0 Å². The number of carbonyl (C=O) groups excluding carboxylic acids is 1. The lowest BCUT2D eigenvalue weighted by Crippen LogP contribution is -2.47. The van der Waals surface area contributed by atoms with Gasteiger partial charge in [-0.2, -0.15) is 0 Å². The lowest BCUT2D eigenvalue weighted by Gasteiger charge is -2.37. The summed E-state index contributed by atoms with van der Waals surface area (Å²) in [5.41, 5.74) is 2.95. The average molecular weight is 314 g/mol. The number of likely N-dealkylation sites (tertiary alicyclic amines) is 1. The van der Waals surface area contributed by atoms with E-state index in [2.05, 4.69) is 10.6 Å². The van der Waals surface area contributed by atoms with Crippen LogP contribution in [-0.4, -0.2) is 47.5 Å². The molecule has 2 aliphatic rings. The predicted octanol–water partition coefficient (Wildman–Crippen LogP) is 2.47. The smallest absolute Gasteiger partial charge is 0.256 e. The van der Waals surface area contributed by atoms with Gasteiger partial charge >= 0.3 is 0 Å². The molecule has 0 unspecified atom stereocenters. The normalized spacial score (nSPS) is 20.5. The van der Waals surface area contributed by atoms with Crippen molar-refractivity contribution < 1.29 is 14.3 Å². The lowest BCUT2D eigenvalue weighted by atomic mass is 10.0. The van der Waals surface area contributed by atoms with Crippen molar-refractivity contribution in [3.8, 4) is 0 Å². The highest BCUT2D eigenvalue weighted by Crippen LogP contribution is 2.33. The van der Waals surface area contributed by atoms with Crippen molar-refractivity contribution in [2.24, 2.45) is 7.05 Å². The van der Waals surface area contributed by atoms with Gasteiger partial charge in [0, 0.05) is 49.6 Å². The summed E-state index contributed by atoms with van der Waals surface area (Å²) in [4.78, 5) is 15.0. The molecule has 0 N–H and O–H groups in total. The molecule has 0 saturated carbocycles. The van der Waals surface area contributed by atoms with Gasteiger partial charge in [0.2, 0.25) is 0 Å². The number of aryl methyl sites for hydroxylation is 1. The number of hydrogen-bond acceptors (Lipinski definition) is 3. The maximum absolute atomic E-state index is 13.1. The first-order chi connectivity index (χ1) is 11.1. The molecule has 5 nitrogen and oxygen atoms in total. The number of ether oxygens (including phenoxy) is 2. The summed E-state index contributed by atoms with van der Waals surface area (Å²) >= 11 is 0. The fraction of sp³-hybridized carbons (Fsp3) is 0.500. The van der Waals surface area contributed by atoms with Crippen LogP contribution in [0.1, 0.15) is 28.9 Å². The summed E-state index contributed by atoms with van der Waals surface area (Å²) in [7, 11) is 2.01. The second kappa shape index (κ2) is 5.35.